The molecule has 134 valence electrons. The van der Waals surface area contributed by atoms with Gasteiger partial charge in [0.05, 0.1) is 14.2 Å². The molecule has 1 saturated carbocycles. The van der Waals surface area contributed by atoms with E-state index in [0.717, 1.165) is 31.7 Å². The third kappa shape index (κ3) is 3.67. The van der Waals surface area contributed by atoms with Gasteiger partial charge in [-0.2, -0.15) is 0 Å². The largest absolute Gasteiger partial charge is 0.493 e. The van der Waals surface area contributed by atoms with E-state index in [2.05, 4.69) is 10.2 Å². The molecule has 1 atom stereocenters. The Morgan fingerprint density at radius 2 is 1.67 bits per heavy atom. The first-order valence-electron chi connectivity index (χ1n) is 9.10. The van der Waals surface area contributed by atoms with Gasteiger partial charge in [-0.25, -0.2) is 4.39 Å². The summed E-state index contributed by atoms with van der Waals surface area (Å²) < 4.78 is 25.6. The summed E-state index contributed by atoms with van der Waals surface area (Å²) in [6.07, 6.45) is 6.17. The quantitative estimate of drug-likeness (QED) is 0.894. The van der Waals surface area contributed by atoms with Gasteiger partial charge in [0.25, 0.3) is 0 Å². The molecule has 5 heteroatoms. The van der Waals surface area contributed by atoms with Crippen molar-refractivity contribution in [2.24, 2.45) is 5.92 Å². The maximum absolute atomic E-state index is 14.9. The number of benzene rings is 1. The molecule has 0 amide bonds. The number of hydrogen-bond donors (Lipinski definition) is 1. The Kier molecular flexibility index (Phi) is 5.95. The summed E-state index contributed by atoms with van der Waals surface area (Å²) in [5.41, 5.74) is 0.765. The van der Waals surface area contributed by atoms with Crippen molar-refractivity contribution in [3.63, 3.8) is 0 Å². The van der Waals surface area contributed by atoms with E-state index in [4.69, 9.17) is 9.47 Å². The van der Waals surface area contributed by atoms with Crippen LogP contribution in [0.2, 0.25) is 0 Å². The highest BCUT2D eigenvalue weighted by Gasteiger charge is 2.33. The molecule has 1 heterocycles. The molecule has 0 spiro atoms. The standard InChI is InChI=1S/C19H29FN2O2/c1-23-17-12-15(16(20)13-18(17)24-2)19(14-6-4-3-5-7-14)22-10-8-21-9-11-22/h12-14,19,21H,3-11H2,1-2H3/t19-/m1/s1. The highest BCUT2D eigenvalue weighted by Crippen LogP contribution is 2.42. The van der Waals surface area contributed by atoms with Gasteiger partial charge in [-0.15, -0.1) is 0 Å². The molecule has 4 nitrogen and oxygen atoms in total. The predicted octanol–water partition coefficient (Wildman–Crippen LogP) is 3.37. The zero-order valence-corrected chi connectivity index (χ0v) is 14.8. The topological polar surface area (TPSA) is 33.7 Å². The van der Waals surface area contributed by atoms with Crippen molar-refractivity contribution in [2.75, 3.05) is 40.4 Å². The van der Waals surface area contributed by atoms with Crippen LogP contribution in [0.25, 0.3) is 0 Å². The maximum Gasteiger partial charge on any atom is 0.163 e. The summed E-state index contributed by atoms with van der Waals surface area (Å²) in [6.45, 7) is 3.88. The van der Waals surface area contributed by atoms with E-state index in [-0.39, 0.29) is 11.9 Å². The van der Waals surface area contributed by atoms with Crippen LogP contribution in [0.3, 0.4) is 0 Å². The van der Waals surface area contributed by atoms with Crippen LogP contribution in [-0.2, 0) is 0 Å². The lowest BCUT2D eigenvalue weighted by atomic mass is 9.80. The van der Waals surface area contributed by atoms with Crippen LogP contribution < -0.4 is 14.8 Å². The van der Waals surface area contributed by atoms with E-state index in [9.17, 15) is 4.39 Å². The minimum atomic E-state index is -0.179. The van der Waals surface area contributed by atoms with Gasteiger partial charge in [0.15, 0.2) is 11.5 Å². The van der Waals surface area contributed by atoms with Crippen molar-refractivity contribution in [1.29, 1.82) is 0 Å². The van der Waals surface area contributed by atoms with Gasteiger partial charge < -0.3 is 14.8 Å². The van der Waals surface area contributed by atoms with Gasteiger partial charge in [0.1, 0.15) is 5.82 Å². The van der Waals surface area contributed by atoms with Gasteiger partial charge in [0, 0.05) is 43.9 Å². The van der Waals surface area contributed by atoms with Crippen molar-refractivity contribution in [1.82, 2.24) is 10.2 Å². The first kappa shape index (κ1) is 17.5. The predicted molar refractivity (Wildman–Crippen MR) is 93.3 cm³/mol. The van der Waals surface area contributed by atoms with Gasteiger partial charge >= 0.3 is 0 Å². The number of ether oxygens (including phenoxy) is 2. The number of rotatable bonds is 5. The Morgan fingerprint density at radius 3 is 2.29 bits per heavy atom. The second kappa shape index (κ2) is 8.17. The van der Waals surface area contributed by atoms with Crippen LogP contribution in [0.15, 0.2) is 12.1 Å². The Labute approximate surface area is 144 Å². The van der Waals surface area contributed by atoms with Crippen LogP contribution in [-0.4, -0.2) is 45.3 Å². The van der Waals surface area contributed by atoms with E-state index in [0.29, 0.717) is 17.4 Å². The zero-order valence-electron chi connectivity index (χ0n) is 14.8. The molecule has 1 aromatic carbocycles. The Hall–Kier alpha value is -1.33. The summed E-state index contributed by atoms with van der Waals surface area (Å²) in [5, 5.41) is 3.40. The number of halogens is 1. The van der Waals surface area contributed by atoms with E-state index in [1.807, 2.05) is 6.07 Å². The second-order valence-electron chi connectivity index (χ2n) is 6.86. The Morgan fingerprint density at radius 1 is 1.04 bits per heavy atom. The summed E-state index contributed by atoms with van der Waals surface area (Å²) in [5.74, 6) is 1.41. The number of piperazine rings is 1. The smallest absolute Gasteiger partial charge is 0.163 e. The monoisotopic (exact) mass is 336 g/mol. The third-order valence-corrected chi connectivity index (χ3v) is 5.46. The highest BCUT2D eigenvalue weighted by molar-refractivity contribution is 5.45. The van der Waals surface area contributed by atoms with E-state index in [1.165, 1.54) is 38.2 Å². The molecule has 1 aliphatic heterocycles. The minimum Gasteiger partial charge on any atom is -0.493 e. The van der Waals surface area contributed by atoms with Crippen molar-refractivity contribution in [3.8, 4) is 11.5 Å². The summed E-state index contributed by atoms with van der Waals surface area (Å²) in [4.78, 5) is 2.46. The first-order chi connectivity index (χ1) is 11.7. The summed E-state index contributed by atoms with van der Waals surface area (Å²) >= 11 is 0. The fourth-order valence-electron chi connectivity index (χ4n) is 4.26. The Bertz CT molecular complexity index is 522. The molecule has 3 rings (SSSR count). The van der Waals surface area contributed by atoms with Crippen molar-refractivity contribution < 1.29 is 13.9 Å². The van der Waals surface area contributed by atoms with Crippen LogP contribution in [0.4, 0.5) is 4.39 Å². The highest BCUT2D eigenvalue weighted by atomic mass is 19.1. The number of nitrogens with one attached hydrogen (secondary N) is 1. The Balaban J connectivity index is 1.97. The van der Waals surface area contributed by atoms with Crippen molar-refractivity contribution in [3.05, 3.63) is 23.5 Å². The average molecular weight is 336 g/mol. The average Bonchev–Trinajstić information content (AvgIpc) is 2.64. The molecule has 1 saturated heterocycles. The van der Waals surface area contributed by atoms with Crippen LogP contribution >= 0.6 is 0 Å². The molecule has 24 heavy (non-hydrogen) atoms. The molecular formula is C19H29FN2O2. The lowest BCUT2D eigenvalue weighted by molar-refractivity contribution is 0.100. The van der Waals surface area contributed by atoms with Crippen molar-refractivity contribution in [2.45, 2.75) is 38.1 Å². The number of hydrogen-bond acceptors (Lipinski definition) is 4. The molecule has 1 N–H and O–H groups in total. The van der Waals surface area contributed by atoms with E-state index < -0.39 is 0 Å². The molecule has 0 unspecified atom stereocenters. The second-order valence-corrected chi connectivity index (χ2v) is 6.86. The molecule has 0 bridgehead atoms. The van der Waals surface area contributed by atoms with Gasteiger partial charge in [-0.05, 0) is 24.8 Å². The maximum atomic E-state index is 14.9. The lowest BCUT2D eigenvalue weighted by Crippen LogP contribution is -2.47. The van der Waals surface area contributed by atoms with Crippen LogP contribution in [0, 0.1) is 11.7 Å². The van der Waals surface area contributed by atoms with Gasteiger partial charge in [-0.3, -0.25) is 4.90 Å². The van der Waals surface area contributed by atoms with Crippen molar-refractivity contribution >= 4 is 0 Å². The molecule has 1 aromatic rings. The van der Waals surface area contributed by atoms with Crippen LogP contribution in [0.5, 0.6) is 11.5 Å². The van der Waals surface area contributed by atoms with Gasteiger partial charge in [-0.1, -0.05) is 19.3 Å². The van der Waals surface area contributed by atoms with E-state index >= 15 is 0 Å². The minimum absolute atomic E-state index is 0.132. The normalized spacial score (nSPS) is 21.5. The lowest BCUT2D eigenvalue weighted by Gasteiger charge is -2.41. The van der Waals surface area contributed by atoms with Gasteiger partial charge in [0.2, 0.25) is 0 Å². The molecule has 1 aliphatic carbocycles. The SMILES string of the molecule is COc1cc(F)c([C@@H](C2CCCCC2)N2CCNCC2)cc1OC. The summed E-state index contributed by atoms with van der Waals surface area (Å²) in [6, 6.07) is 3.47. The fraction of sp³-hybridized carbons (Fsp3) is 0.684. The molecule has 0 radical (unpaired) electrons. The van der Waals surface area contributed by atoms with E-state index in [1.54, 1.807) is 14.2 Å². The number of nitrogens with zero attached hydrogens (tertiary/aromatic N) is 1. The molecule has 2 aliphatic rings. The molecule has 0 aromatic heterocycles. The number of methoxy groups -OCH3 is 2. The van der Waals surface area contributed by atoms with Crippen LogP contribution in [0.1, 0.15) is 43.7 Å². The third-order valence-electron chi connectivity index (χ3n) is 5.46. The fourth-order valence-corrected chi connectivity index (χ4v) is 4.26. The summed E-state index contributed by atoms with van der Waals surface area (Å²) in [7, 11) is 3.16. The molecular weight excluding hydrogens is 307 g/mol. The first-order valence-corrected chi connectivity index (χ1v) is 9.10. The zero-order chi connectivity index (χ0) is 16.9. The molecule has 2 fully saturated rings.